The fraction of sp³-hybridized carbons (Fsp3) is 1.00. The van der Waals surface area contributed by atoms with Crippen LogP contribution in [0.15, 0.2) is 0 Å². The Hall–Kier alpha value is -0.210. The van der Waals surface area contributed by atoms with E-state index in [4.69, 9.17) is 5.73 Å². The van der Waals surface area contributed by atoms with E-state index < -0.39 is 10.2 Å². The summed E-state index contributed by atoms with van der Waals surface area (Å²) in [5, 5.41) is 0. The fourth-order valence-electron chi connectivity index (χ4n) is 3.40. The predicted molar refractivity (Wildman–Crippen MR) is 83.0 cm³/mol. The highest BCUT2D eigenvalue weighted by Crippen LogP contribution is 2.30. The molecule has 21 heavy (non-hydrogen) atoms. The number of piperazine rings is 1. The van der Waals surface area contributed by atoms with Crippen molar-refractivity contribution in [2.75, 3.05) is 52.4 Å². The molecule has 0 amide bonds. The fourth-order valence-corrected chi connectivity index (χ4v) is 5.11. The van der Waals surface area contributed by atoms with Crippen molar-refractivity contribution >= 4 is 10.2 Å². The molecule has 0 spiro atoms. The third kappa shape index (κ3) is 3.76. The van der Waals surface area contributed by atoms with Crippen LogP contribution in [-0.2, 0) is 10.2 Å². The Morgan fingerprint density at radius 2 is 1.62 bits per heavy atom. The quantitative estimate of drug-likeness (QED) is 0.771. The number of rotatable bonds is 5. The molecule has 6 nitrogen and oxygen atoms in total. The third-order valence-electron chi connectivity index (χ3n) is 5.01. The second-order valence-electron chi connectivity index (χ2n) is 6.75. The van der Waals surface area contributed by atoms with Gasteiger partial charge < -0.3 is 10.6 Å². The molecular weight excluding hydrogens is 288 g/mol. The van der Waals surface area contributed by atoms with Crippen LogP contribution in [0.3, 0.4) is 0 Å². The summed E-state index contributed by atoms with van der Waals surface area (Å²) in [4.78, 5) is 2.42. The van der Waals surface area contributed by atoms with E-state index >= 15 is 0 Å². The lowest BCUT2D eigenvalue weighted by Gasteiger charge is -2.39. The molecule has 2 saturated heterocycles. The van der Waals surface area contributed by atoms with Gasteiger partial charge >= 0.3 is 0 Å². The van der Waals surface area contributed by atoms with E-state index in [9.17, 15) is 8.42 Å². The van der Waals surface area contributed by atoms with Crippen LogP contribution < -0.4 is 5.73 Å². The first-order valence-electron chi connectivity index (χ1n) is 8.27. The van der Waals surface area contributed by atoms with Crippen molar-refractivity contribution in [2.45, 2.75) is 25.7 Å². The number of nitrogens with two attached hydrogens (primary N) is 1. The number of hydrogen-bond acceptors (Lipinski definition) is 4. The van der Waals surface area contributed by atoms with Crippen LogP contribution in [0, 0.1) is 11.8 Å². The summed E-state index contributed by atoms with van der Waals surface area (Å²) in [5.74, 6) is 1.20. The molecule has 122 valence electrons. The minimum absolute atomic E-state index is 0.324. The molecule has 0 aromatic heterocycles. The highest BCUT2D eigenvalue weighted by molar-refractivity contribution is 7.86. The number of piperidine rings is 1. The van der Waals surface area contributed by atoms with Gasteiger partial charge in [-0.15, -0.1) is 0 Å². The lowest BCUT2D eigenvalue weighted by atomic mass is 10.0. The topological polar surface area (TPSA) is 69.9 Å². The lowest BCUT2D eigenvalue weighted by Crippen LogP contribution is -2.55. The Kier molecular flexibility index (Phi) is 4.85. The number of nitrogens with zero attached hydrogens (tertiary/aromatic N) is 3. The summed E-state index contributed by atoms with van der Waals surface area (Å²) in [5.41, 5.74) is 5.72. The van der Waals surface area contributed by atoms with Gasteiger partial charge in [-0.25, -0.2) is 0 Å². The van der Waals surface area contributed by atoms with E-state index in [1.54, 1.807) is 8.61 Å². The average Bonchev–Trinajstić information content (AvgIpc) is 3.32. The maximum absolute atomic E-state index is 12.7. The highest BCUT2D eigenvalue weighted by atomic mass is 32.2. The molecule has 0 bridgehead atoms. The maximum atomic E-state index is 12.7. The van der Waals surface area contributed by atoms with Crippen molar-refractivity contribution in [3.63, 3.8) is 0 Å². The minimum atomic E-state index is -3.28. The second kappa shape index (κ2) is 6.50. The molecule has 0 aromatic rings. The van der Waals surface area contributed by atoms with Crippen molar-refractivity contribution in [3.05, 3.63) is 0 Å². The molecule has 3 rings (SSSR count). The first kappa shape index (κ1) is 15.7. The van der Waals surface area contributed by atoms with Gasteiger partial charge in [0.25, 0.3) is 10.2 Å². The first-order valence-corrected chi connectivity index (χ1v) is 9.67. The van der Waals surface area contributed by atoms with Gasteiger partial charge in [-0.05, 0) is 44.1 Å². The minimum Gasteiger partial charge on any atom is -0.330 e. The predicted octanol–water partition coefficient (Wildman–Crippen LogP) is -0.0705. The van der Waals surface area contributed by atoms with Crippen molar-refractivity contribution < 1.29 is 8.42 Å². The Bertz CT molecular complexity index is 444. The molecular formula is C14H28N4O2S. The number of hydrogen-bond donors (Lipinski definition) is 1. The Morgan fingerprint density at radius 3 is 2.24 bits per heavy atom. The van der Waals surface area contributed by atoms with Gasteiger partial charge in [0, 0.05) is 45.8 Å². The van der Waals surface area contributed by atoms with Gasteiger partial charge in [-0.2, -0.15) is 17.0 Å². The summed E-state index contributed by atoms with van der Waals surface area (Å²) in [6.45, 7) is 6.03. The van der Waals surface area contributed by atoms with Crippen LogP contribution in [-0.4, -0.2) is 74.3 Å². The molecule has 3 aliphatic rings. The van der Waals surface area contributed by atoms with Crippen molar-refractivity contribution in [3.8, 4) is 0 Å². The van der Waals surface area contributed by atoms with Crippen molar-refractivity contribution in [1.29, 1.82) is 0 Å². The van der Waals surface area contributed by atoms with E-state index in [1.807, 2.05) is 0 Å². The molecule has 2 aliphatic heterocycles. The van der Waals surface area contributed by atoms with Gasteiger partial charge in [0.1, 0.15) is 0 Å². The molecule has 2 heterocycles. The Balaban J connectivity index is 1.55. The first-order chi connectivity index (χ1) is 10.1. The molecule has 0 radical (unpaired) electrons. The normalized spacial score (nSPS) is 30.6. The molecule has 0 aromatic carbocycles. The largest absolute Gasteiger partial charge is 0.330 e. The van der Waals surface area contributed by atoms with Crippen LogP contribution >= 0.6 is 0 Å². The second-order valence-corrected chi connectivity index (χ2v) is 8.68. The molecule has 1 atom stereocenters. The molecule has 7 heteroatoms. The van der Waals surface area contributed by atoms with E-state index in [1.165, 1.54) is 12.8 Å². The van der Waals surface area contributed by atoms with Gasteiger partial charge in [0.05, 0.1) is 0 Å². The van der Waals surface area contributed by atoms with Crippen molar-refractivity contribution in [1.82, 2.24) is 13.5 Å². The smallest absolute Gasteiger partial charge is 0.282 e. The molecule has 3 fully saturated rings. The molecule has 1 unspecified atom stereocenters. The summed E-state index contributed by atoms with van der Waals surface area (Å²) in [6.07, 6.45) is 4.69. The standard InChI is InChI=1S/C14H28N4O2S/c15-10-14-2-1-5-18(12-14)21(19,20)17-8-6-16(7-9-17)11-13-3-4-13/h13-14H,1-12,15H2. The van der Waals surface area contributed by atoms with Crippen LogP contribution in [0.25, 0.3) is 0 Å². The zero-order valence-corrected chi connectivity index (χ0v) is 13.6. The Labute approximate surface area is 128 Å². The zero-order chi connectivity index (χ0) is 14.9. The van der Waals surface area contributed by atoms with Crippen LogP contribution in [0.1, 0.15) is 25.7 Å². The molecule has 2 N–H and O–H groups in total. The summed E-state index contributed by atoms with van der Waals surface area (Å²) >= 11 is 0. The van der Waals surface area contributed by atoms with E-state index in [2.05, 4.69) is 4.90 Å². The van der Waals surface area contributed by atoms with Gasteiger partial charge in [-0.1, -0.05) is 0 Å². The van der Waals surface area contributed by atoms with E-state index in [0.29, 0.717) is 38.6 Å². The van der Waals surface area contributed by atoms with Gasteiger partial charge in [-0.3, -0.25) is 0 Å². The van der Waals surface area contributed by atoms with Crippen LogP contribution in [0.5, 0.6) is 0 Å². The molecule has 1 aliphatic carbocycles. The van der Waals surface area contributed by atoms with Crippen LogP contribution in [0.2, 0.25) is 0 Å². The third-order valence-corrected chi connectivity index (χ3v) is 7.01. The zero-order valence-electron chi connectivity index (χ0n) is 12.8. The SMILES string of the molecule is NCC1CCCN(S(=O)(=O)N2CCN(CC3CC3)CC2)C1. The van der Waals surface area contributed by atoms with E-state index in [-0.39, 0.29) is 0 Å². The molecule has 1 saturated carbocycles. The lowest BCUT2D eigenvalue weighted by molar-refractivity contribution is 0.170. The summed E-state index contributed by atoms with van der Waals surface area (Å²) < 4.78 is 28.8. The van der Waals surface area contributed by atoms with Crippen molar-refractivity contribution in [2.24, 2.45) is 17.6 Å². The average molecular weight is 316 g/mol. The highest BCUT2D eigenvalue weighted by Gasteiger charge is 2.35. The Morgan fingerprint density at radius 1 is 0.905 bits per heavy atom. The van der Waals surface area contributed by atoms with Gasteiger partial charge in [0.15, 0.2) is 0 Å². The van der Waals surface area contributed by atoms with Gasteiger partial charge in [0.2, 0.25) is 0 Å². The summed E-state index contributed by atoms with van der Waals surface area (Å²) in [7, 11) is -3.28. The summed E-state index contributed by atoms with van der Waals surface area (Å²) in [6, 6.07) is 0. The monoisotopic (exact) mass is 316 g/mol. The van der Waals surface area contributed by atoms with E-state index in [0.717, 1.165) is 38.4 Å². The van der Waals surface area contributed by atoms with Crippen LogP contribution in [0.4, 0.5) is 0 Å². The maximum Gasteiger partial charge on any atom is 0.282 e.